The Morgan fingerprint density at radius 2 is 1.76 bits per heavy atom. The molecule has 0 amide bonds. The molecular formula is C23H34O2. The predicted molar refractivity (Wildman–Crippen MR) is 108 cm³/mol. The zero-order valence-electron chi connectivity index (χ0n) is 17.0. The summed E-state index contributed by atoms with van der Waals surface area (Å²) in [6, 6.07) is 0. The maximum Gasteiger partial charge on any atom is 0.176 e. The van der Waals surface area contributed by atoms with Crippen molar-refractivity contribution in [3.05, 3.63) is 58.4 Å². The van der Waals surface area contributed by atoms with Gasteiger partial charge < -0.3 is 5.11 Å². The van der Waals surface area contributed by atoms with Crippen LogP contribution < -0.4 is 0 Å². The summed E-state index contributed by atoms with van der Waals surface area (Å²) in [5.41, 5.74) is 3.74. The first kappa shape index (κ1) is 21.2. The number of aliphatic hydroxyl groups is 1. The number of Topliss-reactive ketones (excluding diaryl/α,β-unsaturated/α-hetero) is 1. The molecule has 1 atom stereocenters. The van der Waals surface area contributed by atoms with E-state index in [4.69, 9.17) is 0 Å². The van der Waals surface area contributed by atoms with E-state index in [1.165, 1.54) is 11.1 Å². The highest BCUT2D eigenvalue weighted by Gasteiger charge is 2.39. The zero-order valence-corrected chi connectivity index (χ0v) is 17.0. The van der Waals surface area contributed by atoms with Gasteiger partial charge in [-0.25, -0.2) is 0 Å². The van der Waals surface area contributed by atoms with E-state index in [1.807, 2.05) is 40.7 Å². The van der Waals surface area contributed by atoms with Crippen LogP contribution in [-0.2, 0) is 4.79 Å². The third-order valence-electron chi connectivity index (χ3n) is 4.45. The second kappa shape index (κ2) is 8.51. The minimum atomic E-state index is -0.635. The van der Waals surface area contributed by atoms with E-state index >= 15 is 0 Å². The Labute approximate surface area is 153 Å². The van der Waals surface area contributed by atoms with Crippen LogP contribution in [0, 0.1) is 11.3 Å². The van der Waals surface area contributed by atoms with Crippen LogP contribution in [0.1, 0.15) is 67.7 Å². The van der Waals surface area contributed by atoms with Crippen LogP contribution >= 0.6 is 0 Å². The molecule has 0 heterocycles. The molecule has 0 aromatic carbocycles. The number of allylic oxidation sites excluding steroid dienone is 8. The van der Waals surface area contributed by atoms with Gasteiger partial charge in [0.25, 0.3) is 0 Å². The Morgan fingerprint density at radius 1 is 1.20 bits per heavy atom. The Hall–Kier alpha value is -1.83. The van der Waals surface area contributed by atoms with Crippen molar-refractivity contribution in [2.75, 3.05) is 0 Å². The van der Waals surface area contributed by atoms with Crippen LogP contribution in [0.5, 0.6) is 0 Å². The Morgan fingerprint density at radius 3 is 2.24 bits per heavy atom. The van der Waals surface area contributed by atoms with E-state index in [-0.39, 0.29) is 11.5 Å². The van der Waals surface area contributed by atoms with Gasteiger partial charge in [0.2, 0.25) is 0 Å². The van der Waals surface area contributed by atoms with E-state index in [9.17, 15) is 9.90 Å². The first-order valence-electron chi connectivity index (χ1n) is 9.13. The van der Waals surface area contributed by atoms with E-state index in [1.54, 1.807) is 0 Å². The van der Waals surface area contributed by atoms with Crippen LogP contribution in [0.4, 0.5) is 0 Å². The third-order valence-corrected chi connectivity index (χ3v) is 4.45. The molecular weight excluding hydrogens is 308 g/mol. The molecule has 25 heavy (non-hydrogen) atoms. The van der Waals surface area contributed by atoms with Crippen LogP contribution in [0.2, 0.25) is 0 Å². The van der Waals surface area contributed by atoms with Crippen molar-refractivity contribution >= 4 is 5.78 Å². The maximum absolute atomic E-state index is 13.2. The Balaban J connectivity index is 3.41. The quantitative estimate of drug-likeness (QED) is 0.527. The topological polar surface area (TPSA) is 37.3 Å². The number of carbonyl (C=O) groups excluding carboxylic acids is 1. The summed E-state index contributed by atoms with van der Waals surface area (Å²) < 4.78 is 0. The van der Waals surface area contributed by atoms with E-state index in [0.717, 1.165) is 11.1 Å². The van der Waals surface area contributed by atoms with Crippen molar-refractivity contribution in [2.24, 2.45) is 11.3 Å². The summed E-state index contributed by atoms with van der Waals surface area (Å²) in [4.78, 5) is 13.2. The average Bonchev–Trinajstić information content (AvgIpc) is 2.47. The molecule has 0 spiro atoms. The van der Waals surface area contributed by atoms with E-state index < -0.39 is 5.41 Å². The second-order valence-electron chi connectivity index (χ2n) is 8.31. The molecule has 2 nitrogen and oxygen atoms in total. The lowest BCUT2D eigenvalue weighted by Crippen LogP contribution is -2.32. The van der Waals surface area contributed by atoms with Gasteiger partial charge in [-0.1, -0.05) is 49.8 Å². The molecule has 0 saturated heterocycles. The number of aliphatic hydroxyl groups excluding tert-OH is 1. The maximum atomic E-state index is 13.2. The second-order valence-corrected chi connectivity index (χ2v) is 8.31. The van der Waals surface area contributed by atoms with Gasteiger partial charge in [-0.15, -0.1) is 0 Å². The number of hydrogen-bond acceptors (Lipinski definition) is 2. The minimum absolute atomic E-state index is 0.0194. The molecule has 0 aliphatic heterocycles. The molecule has 0 aromatic rings. The standard InChI is InChI=1S/C23H34O2/c1-15(2)9-10-19-14-23(8,12-11-16(3)4)22(25)20(21(19)24)18(7)13-17(5)6/h9,11,14,17,24H,7,10,12-13H2,1-6,8H3/t23-/m1/s1. The molecule has 138 valence electrons. The molecule has 0 bridgehead atoms. The Bertz CT molecular complexity index is 660. The van der Waals surface area contributed by atoms with Crippen molar-refractivity contribution in [1.29, 1.82) is 0 Å². The summed E-state index contributed by atoms with van der Waals surface area (Å²) in [6.07, 6.45) is 8.11. The fourth-order valence-electron chi connectivity index (χ4n) is 3.03. The summed E-state index contributed by atoms with van der Waals surface area (Å²) in [5, 5.41) is 10.8. The molecule has 1 aliphatic rings. The van der Waals surface area contributed by atoms with Gasteiger partial charge in [0.15, 0.2) is 5.78 Å². The normalized spacial score (nSPS) is 20.5. The summed E-state index contributed by atoms with van der Waals surface area (Å²) >= 11 is 0. The molecule has 0 aromatic heterocycles. The SMILES string of the molecule is C=C(CC(C)C)C1=C(O)C(CC=C(C)C)=C[C@@](C)(CC=C(C)C)C1=O. The molecule has 0 radical (unpaired) electrons. The first-order valence-corrected chi connectivity index (χ1v) is 9.13. The molecule has 0 unspecified atom stereocenters. The molecule has 0 fully saturated rings. The molecule has 1 aliphatic carbocycles. The lowest BCUT2D eigenvalue weighted by atomic mass is 9.70. The highest BCUT2D eigenvalue weighted by atomic mass is 16.3. The zero-order chi connectivity index (χ0) is 19.4. The number of hydrogen-bond donors (Lipinski definition) is 1. The van der Waals surface area contributed by atoms with Gasteiger partial charge in [0.05, 0.1) is 11.0 Å². The smallest absolute Gasteiger partial charge is 0.176 e. The van der Waals surface area contributed by atoms with Gasteiger partial charge in [0.1, 0.15) is 5.76 Å². The van der Waals surface area contributed by atoms with Crippen molar-refractivity contribution in [2.45, 2.75) is 67.7 Å². The largest absolute Gasteiger partial charge is 0.507 e. The summed E-state index contributed by atoms with van der Waals surface area (Å²) in [5.74, 6) is 0.480. The van der Waals surface area contributed by atoms with E-state index in [0.29, 0.717) is 30.8 Å². The lowest BCUT2D eigenvalue weighted by Gasteiger charge is -2.32. The number of ketones is 1. The number of carbonyl (C=O) groups is 1. The van der Waals surface area contributed by atoms with Gasteiger partial charge in [-0.3, -0.25) is 4.79 Å². The third kappa shape index (κ3) is 5.59. The van der Waals surface area contributed by atoms with E-state index in [2.05, 4.69) is 32.6 Å². The fraction of sp³-hybridized carbons (Fsp3) is 0.522. The van der Waals surface area contributed by atoms with Crippen LogP contribution in [0.3, 0.4) is 0 Å². The van der Waals surface area contributed by atoms with Crippen LogP contribution in [0.15, 0.2) is 58.4 Å². The number of rotatable bonds is 7. The fourth-order valence-corrected chi connectivity index (χ4v) is 3.03. The van der Waals surface area contributed by atoms with Crippen molar-refractivity contribution in [1.82, 2.24) is 0 Å². The highest BCUT2D eigenvalue weighted by molar-refractivity contribution is 6.06. The summed E-state index contributed by atoms with van der Waals surface area (Å²) in [6.45, 7) is 18.4. The van der Waals surface area contributed by atoms with Gasteiger partial charge >= 0.3 is 0 Å². The van der Waals surface area contributed by atoms with Crippen LogP contribution in [-0.4, -0.2) is 10.9 Å². The lowest BCUT2D eigenvalue weighted by molar-refractivity contribution is -0.122. The van der Waals surface area contributed by atoms with Gasteiger partial charge in [0, 0.05) is 0 Å². The van der Waals surface area contributed by atoms with Gasteiger partial charge in [-0.05, 0) is 70.9 Å². The van der Waals surface area contributed by atoms with Crippen molar-refractivity contribution in [3.63, 3.8) is 0 Å². The monoisotopic (exact) mass is 342 g/mol. The molecule has 1 rings (SSSR count). The van der Waals surface area contributed by atoms with Crippen LogP contribution in [0.25, 0.3) is 0 Å². The Kier molecular flexibility index (Phi) is 7.22. The average molecular weight is 343 g/mol. The molecule has 1 N–H and O–H groups in total. The highest BCUT2D eigenvalue weighted by Crippen LogP contribution is 2.41. The van der Waals surface area contributed by atoms with Gasteiger partial charge in [-0.2, -0.15) is 0 Å². The molecule has 2 heteroatoms. The van der Waals surface area contributed by atoms with Crippen molar-refractivity contribution < 1.29 is 9.90 Å². The summed E-state index contributed by atoms with van der Waals surface area (Å²) in [7, 11) is 0. The molecule has 0 saturated carbocycles. The first-order chi connectivity index (χ1) is 11.5. The minimum Gasteiger partial charge on any atom is -0.507 e. The van der Waals surface area contributed by atoms with Crippen molar-refractivity contribution in [3.8, 4) is 0 Å². The predicted octanol–water partition coefficient (Wildman–Crippen LogP) is 6.63.